The van der Waals surface area contributed by atoms with E-state index in [9.17, 15) is 0 Å². The minimum Gasteiger partial charge on any atom is -0.330 e. The van der Waals surface area contributed by atoms with E-state index in [-0.39, 0.29) is 0 Å². The summed E-state index contributed by atoms with van der Waals surface area (Å²) in [5.41, 5.74) is 6.39. The van der Waals surface area contributed by atoms with Gasteiger partial charge in [0.25, 0.3) is 0 Å². The Morgan fingerprint density at radius 2 is 2.19 bits per heavy atom. The van der Waals surface area contributed by atoms with Crippen LogP contribution >= 0.6 is 0 Å². The van der Waals surface area contributed by atoms with Crippen LogP contribution in [0.3, 0.4) is 0 Å². The van der Waals surface area contributed by atoms with Crippen molar-refractivity contribution in [3.63, 3.8) is 0 Å². The molecule has 0 aliphatic heterocycles. The maximum absolute atomic E-state index is 5.51. The van der Waals surface area contributed by atoms with E-state index < -0.39 is 0 Å². The van der Waals surface area contributed by atoms with Gasteiger partial charge in [0.15, 0.2) is 0 Å². The molecule has 0 saturated heterocycles. The Kier molecular flexibility index (Phi) is 3.00. The fourth-order valence-corrected chi connectivity index (χ4v) is 1.58. The molecule has 0 unspecified atom stereocenters. The minimum atomic E-state index is 0.315. The molecule has 6 heteroatoms. The van der Waals surface area contributed by atoms with Crippen molar-refractivity contribution in [3.05, 3.63) is 30.4 Å². The van der Waals surface area contributed by atoms with Gasteiger partial charge in [0.2, 0.25) is 0 Å². The van der Waals surface area contributed by atoms with Crippen LogP contribution in [0, 0.1) is 0 Å². The van der Waals surface area contributed by atoms with Gasteiger partial charge in [0.05, 0.1) is 18.6 Å². The van der Waals surface area contributed by atoms with Crippen molar-refractivity contribution in [2.45, 2.75) is 33.0 Å². The topological polar surface area (TPSA) is 74.5 Å². The predicted octanol–water partition coefficient (Wildman–Crippen LogP) is 0.563. The molecule has 0 spiro atoms. The predicted molar refractivity (Wildman–Crippen MR) is 59.6 cm³/mol. The summed E-state index contributed by atoms with van der Waals surface area (Å²) >= 11 is 0. The highest BCUT2D eigenvalue weighted by atomic mass is 15.4. The van der Waals surface area contributed by atoms with Gasteiger partial charge >= 0.3 is 0 Å². The first-order chi connectivity index (χ1) is 7.70. The lowest BCUT2D eigenvalue weighted by molar-refractivity contribution is 0.496. The van der Waals surface area contributed by atoms with Crippen molar-refractivity contribution in [2.24, 2.45) is 5.73 Å². The third-order valence-electron chi connectivity index (χ3n) is 2.36. The van der Waals surface area contributed by atoms with E-state index in [0.29, 0.717) is 19.1 Å². The summed E-state index contributed by atoms with van der Waals surface area (Å²) < 4.78 is 3.87. The molecule has 2 aromatic heterocycles. The summed E-state index contributed by atoms with van der Waals surface area (Å²) in [5, 5.41) is 4.19. The molecule has 0 saturated carbocycles. The van der Waals surface area contributed by atoms with Gasteiger partial charge in [0, 0.05) is 18.8 Å². The molecule has 86 valence electrons. The van der Waals surface area contributed by atoms with E-state index in [1.54, 1.807) is 12.7 Å². The maximum atomic E-state index is 5.51. The van der Waals surface area contributed by atoms with Crippen molar-refractivity contribution in [3.8, 4) is 0 Å². The number of hydrogen-bond donors (Lipinski definition) is 1. The molecule has 0 amide bonds. The SMILES string of the molecule is CC(C)n1ncnc1Cn1cnc(CN)c1. The van der Waals surface area contributed by atoms with Crippen LogP contribution in [0.25, 0.3) is 0 Å². The lowest BCUT2D eigenvalue weighted by Crippen LogP contribution is -2.11. The normalized spacial score (nSPS) is 11.2. The van der Waals surface area contributed by atoms with E-state index in [1.807, 2.05) is 15.4 Å². The number of hydrogen-bond acceptors (Lipinski definition) is 4. The number of rotatable bonds is 4. The number of aromatic nitrogens is 5. The smallest absolute Gasteiger partial charge is 0.147 e. The van der Waals surface area contributed by atoms with Crippen LogP contribution in [0.4, 0.5) is 0 Å². The summed E-state index contributed by atoms with van der Waals surface area (Å²) in [7, 11) is 0. The van der Waals surface area contributed by atoms with Gasteiger partial charge in [-0.2, -0.15) is 5.10 Å². The quantitative estimate of drug-likeness (QED) is 0.817. The zero-order valence-corrected chi connectivity index (χ0v) is 9.54. The van der Waals surface area contributed by atoms with Gasteiger partial charge in [0.1, 0.15) is 12.2 Å². The van der Waals surface area contributed by atoms with Gasteiger partial charge < -0.3 is 10.3 Å². The van der Waals surface area contributed by atoms with Crippen LogP contribution in [0.2, 0.25) is 0 Å². The molecule has 2 heterocycles. The van der Waals surface area contributed by atoms with E-state index in [0.717, 1.165) is 11.5 Å². The third kappa shape index (κ3) is 2.11. The second-order valence-corrected chi connectivity index (χ2v) is 3.96. The van der Waals surface area contributed by atoms with Crippen LogP contribution < -0.4 is 5.73 Å². The standard InChI is InChI=1S/C10H16N6/c1-8(2)16-10(12-6-14-16)5-15-4-9(3-11)13-7-15/h4,6-8H,3,5,11H2,1-2H3. The van der Waals surface area contributed by atoms with Crippen molar-refractivity contribution >= 4 is 0 Å². The molecule has 0 bridgehead atoms. The lowest BCUT2D eigenvalue weighted by atomic mass is 10.4. The highest BCUT2D eigenvalue weighted by Crippen LogP contribution is 2.07. The van der Waals surface area contributed by atoms with E-state index in [1.165, 1.54) is 0 Å². The third-order valence-corrected chi connectivity index (χ3v) is 2.36. The van der Waals surface area contributed by atoms with Crippen LogP contribution in [0.15, 0.2) is 18.9 Å². The summed E-state index contributed by atoms with van der Waals surface area (Å²) in [4.78, 5) is 8.41. The van der Waals surface area contributed by atoms with Gasteiger partial charge in [-0.15, -0.1) is 0 Å². The number of nitrogens with two attached hydrogens (primary N) is 1. The zero-order chi connectivity index (χ0) is 11.5. The molecule has 0 aliphatic rings. The van der Waals surface area contributed by atoms with Crippen LogP contribution in [-0.4, -0.2) is 24.3 Å². The second kappa shape index (κ2) is 4.44. The summed E-state index contributed by atoms with van der Waals surface area (Å²) in [6, 6.07) is 0.315. The molecule has 0 fully saturated rings. The van der Waals surface area contributed by atoms with Gasteiger partial charge in [-0.1, -0.05) is 0 Å². The van der Waals surface area contributed by atoms with Crippen molar-refractivity contribution in [1.29, 1.82) is 0 Å². The Balaban J connectivity index is 2.17. The minimum absolute atomic E-state index is 0.315. The largest absolute Gasteiger partial charge is 0.330 e. The van der Waals surface area contributed by atoms with E-state index in [4.69, 9.17) is 5.73 Å². The molecule has 0 aromatic carbocycles. The molecule has 0 radical (unpaired) electrons. The highest BCUT2D eigenvalue weighted by molar-refractivity contribution is 4.98. The van der Waals surface area contributed by atoms with Crippen LogP contribution in [0.1, 0.15) is 31.4 Å². The van der Waals surface area contributed by atoms with Crippen molar-refractivity contribution in [1.82, 2.24) is 24.3 Å². The molecular formula is C10H16N6. The van der Waals surface area contributed by atoms with Gasteiger partial charge in [-0.25, -0.2) is 14.6 Å². The van der Waals surface area contributed by atoms with E-state index in [2.05, 4.69) is 28.9 Å². The molecule has 0 atom stereocenters. The van der Waals surface area contributed by atoms with Crippen LogP contribution in [-0.2, 0) is 13.1 Å². The van der Waals surface area contributed by atoms with Crippen molar-refractivity contribution < 1.29 is 0 Å². The summed E-state index contributed by atoms with van der Waals surface area (Å²) in [6.07, 6.45) is 5.27. The van der Waals surface area contributed by atoms with Crippen molar-refractivity contribution in [2.75, 3.05) is 0 Å². The fraction of sp³-hybridized carbons (Fsp3) is 0.500. The first-order valence-electron chi connectivity index (χ1n) is 5.29. The molecule has 16 heavy (non-hydrogen) atoms. The monoisotopic (exact) mass is 220 g/mol. The molecule has 2 aromatic rings. The Hall–Kier alpha value is -1.69. The average Bonchev–Trinajstić information content (AvgIpc) is 2.87. The highest BCUT2D eigenvalue weighted by Gasteiger charge is 2.08. The summed E-state index contributed by atoms with van der Waals surface area (Å²) in [6.45, 7) is 5.30. The lowest BCUT2D eigenvalue weighted by Gasteiger charge is -2.09. The number of imidazole rings is 1. The first kappa shape index (κ1) is 10.8. The molecule has 6 nitrogen and oxygen atoms in total. The van der Waals surface area contributed by atoms with E-state index >= 15 is 0 Å². The summed E-state index contributed by atoms with van der Waals surface area (Å²) in [5.74, 6) is 0.927. The molecule has 2 N–H and O–H groups in total. The zero-order valence-electron chi connectivity index (χ0n) is 9.54. The fourth-order valence-electron chi connectivity index (χ4n) is 1.58. The molecule has 0 aliphatic carbocycles. The van der Waals surface area contributed by atoms with Crippen LogP contribution in [0.5, 0.6) is 0 Å². The first-order valence-corrected chi connectivity index (χ1v) is 5.29. The van der Waals surface area contributed by atoms with Gasteiger partial charge in [-0.3, -0.25) is 0 Å². The number of nitrogens with zero attached hydrogens (tertiary/aromatic N) is 5. The average molecular weight is 220 g/mol. The second-order valence-electron chi connectivity index (χ2n) is 3.96. The Bertz CT molecular complexity index is 455. The molecular weight excluding hydrogens is 204 g/mol. The Morgan fingerprint density at radius 3 is 2.81 bits per heavy atom. The Labute approximate surface area is 94.1 Å². The maximum Gasteiger partial charge on any atom is 0.147 e. The molecule has 2 rings (SSSR count). The van der Waals surface area contributed by atoms with Gasteiger partial charge in [-0.05, 0) is 13.8 Å². The Morgan fingerprint density at radius 1 is 1.38 bits per heavy atom.